The third-order valence-electron chi connectivity index (χ3n) is 14.8. The van der Waals surface area contributed by atoms with Gasteiger partial charge in [-0.2, -0.15) is 0 Å². The molecular weight excluding hydrogens is 640 g/mol. The molecule has 0 N–H and O–H groups in total. The van der Waals surface area contributed by atoms with Crippen molar-refractivity contribution in [2.24, 2.45) is 51.8 Å². The van der Waals surface area contributed by atoms with Crippen LogP contribution in [0.3, 0.4) is 0 Å². The van der Waals surface area contributed by atoms with Crippen LogP contribution in [0.5, 0.6) is 0 Å². The Hall–Kier alpha value is -1.91. The minimum Gasteiger partial charge on any atom is -0.469 e. The number of methoxy groups -OCH3 is 1. The van der Waals surface area contributed by atoms with Crippen molar-refractivity contribution in [3.05, 3.63) is 11.6 Å². The maximum atomic E-state index is 13.5. The number of esters is 1. The van der Waals surface area contributed by atoms with Gasteiger partial charge in [-0.1, -0.05) is 62.5 Å². The highest BCUT2D eigenvalue weighted by molar-refractivity contribution is 5.77. The number of hydrogen-bond donors (Lipinski definition) is 0. The summed E-state index contributed by atoms with van der Waals surface area (Å²) >= 11 is 0. The van der Waals surface area contributed by atoms with Crippen molar-refractivity contribution in [1.29, 1.82) is 0 Å². The third kappa shape index (κ3) is 7.08. The SMILES string of the molecule is COC(=O)C1(C)CCC[C@]2(C)[C@H]3C[C@H]4C(C(C)C)=C[C@]3(CC[C@@H]12)[C@H]1[C@@H]4[C@@H](OCC#CCN2CCOCC2)CC[C@@H]1OCC#CCN1CCOCC1. The zero-order valence-electron chi connectivity index (χ0n) is 32.2. The van der Waals surface area contributed by atoms with E-state index in [0.717, 1.165) is 104 Å². The molecule has 282 valence electrons. The number of nitrogens with zero attached hydrogens (tertiary/aromatic N) is 2. The average molecular weight is 705 g/mol. The maximum Gasteiger partial charge on any atom is 0.311 e. The molecule has 0 aromatic rings. The number of morpholine rings is 2. The first-order valence-electron chi connectivity index (χ1n) is 20.3. The molecule has 8 rings (SSSR count). The van der Waals surface area contributed by atoms with E-state index in [-0.39, 0.29) is 29.0 Å². The van der Waals surface area contributed by atoms with Gasteiger partial charge in [-0.05, 0) is 92.3 Å². The molecule has 6 aliphatic carbocycles. The van der Waals surface area contributed by atoms with Gasteiger partial charge in [0.2, 0.25) is 0 Å². The lowest BCUT2D eigenvalue weighted by Gasteiger charge is -2.72. The van der Waals surface area contributed by atoms with E-state index < -0.39 is 5.41 Å². The largest absolute Gasteiger partial charge is 0.469 e. The zero-order chi connectivity index (χ0) is 35.6. The van der Waals surface area contributed by atoms with Crippen LogP contribution in [0, 0.1) is 75.4 Å². The van der Waals surface area contributed by atoms with E-state index in [4.69, 9.17) is 23.7 Å². The number of ether oxygens (including phenoxy) is 5. The number of carbonyl (C=O) groups excluding carboxylic acids is 1. The van der Waals surface area contributed by atoms with Crippen LogP contribution in [-0.4, -0.2) is 114 Å². The van der Waals surface area contributed by atoms with Crippen molar-refractivity contribution < 1.29 is 28.5 Å². The lowest BCUT2D eigenvalue weighted by molar-refractivity contribution is -0.236. The van der Waals surface area contributed by atoms with Gasteiger partial charge in [-0.15, -0.1) is 0 Å². The Morgan fingerprint density at radius 1 is 0.843 bits per heavy atom. The highest BCUT2D eigenvalue weighted by atomic mass is 16.5. The van der Waals surface area contributed by atoms with Crippen LogP contribution in [-0.2, 0) is 28.5 Å². The number of rotatable bonds is 8. The zero-order valence-corrected chi connectivity index (χ0v) is 32.2. The van der Waals surface area contributed by atoms with Gasteiger partial charge in [0.25, 0.3) is 0 Å². The van der Waals surface area contributed by atoms with Crippen molar-refractivity contribution >= 4 is 5.97 Å². The summed E-state index contributed by atoms with van der Waals surface area (Å²) in [6, 6.07) is 0. The standard InChI is InChI=1S/C43H64N2O6/c1-31(2)33-30-43-16-13-36-41(3,14-10-15-42(36,4)40(46)47-5)37(43)29-32(33)38-34(50-23-8-6-17-44-19-25-48-26-20-44)11-12-35(39(38)43)51-24-9-7-18-45-21-27-49-28-22-45/h30-32,34-39H,10-29H2,1-5H3/t32-,34-,35-,36+,37+,38-,39+,41-,42?,43-/m0/s1. The molecule has 8 aliphatic rings. The average Bonchev–Trinajstić information content (AvgIpc) is 3.15. The monoisotopic (exact) mass is 704 g/mol. The minimum absolute atomic E-state index is 0.00986. The van der Waals surface area contributed by atoms with Crippen molar-refractivity contribution in [1.82, 2.24) is 9.80 Å². The fraction of sp³-hybridized carbons (Fsp3) is 0.837. The molecule has 0 radical (unpaired) electrons. The van der Waals surface area contributed by atoms with E-state index in [1.165, 1.54) is 12.8 Å². The summed E-state index contributed by atoms with van der Waals surface area (Å²) in [5.74, 6) is 16.1. The number of allylic oxidation sites excluding steroid dienone is 2. The summed E-state index contributed by atoms with van der Waals surface area (Å²) in [5, 5.41) is 0. The summed E-state index contributed by atoms with van der Waals surface area (Å²) in [7, 11) is 1.58. The summed E-state index contributed by atoms with van der Waals surface area (Å²) < 4.78 is 30.3. The molecule has 4 saturated carbocycles. The van der Waals surface area contributed by atoms with Crippen LogP contribution >= 0.6 is 0 Å². The van der Waals surface area contributed by atoms with Gasteiger partial charge in [0.15, 0.2) is 0 Å². The van der Waals surface area contributed by atoms with E-state index in [1.807, 2.05) is 0 Å². The van der Waals surface area contributed by atoms with Crippen molar-refractivity contribution in [2.75, 3.05) is 86.0 Å². The lowest BCUT2D eigenvalue weighted by Crippen LogP contribution is -2.68. The second-order valence-electron chi connectivity index (χ2n) is 17.5. The Bertz CT molecular complexity index is 1400. The van der Waals surface area contributed by atoms with Gasteiger partial charge < -0.3 is 23.7 Å². The second kappa shape index (κ2) is 15.8. The molecule has 1 spiro atoms. The summed E-state index contributed by atoms with van der Waals surface area (Å²) in [4.78, 5) is 18.2. The van der Waals surface area contributed by atoms with Crippen molar-refractivity contribution in [3.8, 4) is 23.7 Å². The van der Waals surface area contributed by atoms with Gasteiger partial charge in [-0.25, -0.2) is 0 Å². The second-order valence-corrected chi connectivity index (χ2v) is 17.5. The van der Waals surface area contributed by atoms with Gasteiger partial charge in [0.05, 0.1) is 64.2 Å². The molecule has 8 nitrogen and oxygen atoms in total. The Morgan fingerprint density at radius 3 is 2.06 bits per heavy atom. The Kier molecular flexibility index (Phi) is 11.6. The van der Waals surface area contributed by atoms with E-state index >= 15 is 0 Å². The highest BCUT2D eigenvalue weighted by Crippen LogP contribution is 2.75. The molecule has 1 unspecified atom stereocenters. The molecule has 0 amide bonds. The molecule has 51 heavy (non-hydrogen) atoms. The van der Waals surface area contributed by atoms with Crippen LogP contribution in [0.1, 0.15) is 79.1 Å². The smallest absolute Gasteiger partial charge is 0.311 e. The third-order valence-corrected chi connectivity index (χ3v) is 14.8. The Balaban J connectivity index is 1.16. The fourth-order valence-electron chi connectivity index (χ4n) is 12.6. The van der Waals surface area contributed by atoms with Crippen LogP contribution < -0.4 is 0 Å². The first kappa shape index (κ1) is 37.4. The highest BCUT2D eigenvalue weighted by Gasteiger charge is 2.71. The summed E-state index contributed by atoms with van der Waals surface area (Å²) in [5.41, 5.74) is 1.31. The van der Waals surface area contributed by atoms with Crippen molar-refractivity contribution in [3.63, 3.8) is 0 Å². The van der Waals surface area contributed by atoms with E-state index in [1.54, 1.807) is 12.7 Å². The maximum absolute atomic E-state index is 13.5. The minimum atomic E-state index is -0.423. The Labute approximate surface area is 308 Å². The predicted molar refractivity (Wildman–Crippen MR) is 198 cm³/mol. The quantitative estimate of drug-likeness (QED) is 0.188. The molecule has 6 fully saturated rings. The van der Waals surface area contributed by atoms with Gasteiger partial charge in [0.1, 0.15) is 13.2 Å². The van der Waals surface area contributed by atoms with Crippen LogP contribution in [0.2, 0.25) is 0 Å². The van der Waals surface area contributed by atoms with E-state index in [2.05, 4.69) is 67.3 Å². The van der Waals surface area contributed by atoms with Crippen LogP contribution in [0.25, 0.3) is 0 Å². The summed E-state index contributed by atoms with van der Waals surface area (Å²) in [6.07, 6.45) is 11.6. The van der Waals surface area contributed by atoms with Crippen molar-refractivity contribution in [2.45, 2.75) is 91.3 Å². The lowest BCUT2D eigenvalue weighted by atomic mass is 9.33. The molecule has 2 bridgehead atoms. The van der Waals surface area contributed by atoms with Gasteiger partial charge >= 0.3 is 5.97 Å². The first-order valence-corrected chi connectivity index (χ1v) is 20.3. The van der Waals surface area contributed by atoms with E-state index in [9.17, 15) is 4.79 Å². The molecule has 0 aromatic heterocycles. The van der Waals surface area contributed by atoms with Gasteiger partial charge in [-0.3, -0.25) is 14.6 Å². The normalized spacial score (nSPS) is 40.8. The molecule has 2 aliphatic heterocycles. The summed E-state index contributed by atoms with van der Waals surface area (Å²) in [6.45, 7) is 19.0. The molecule has 2 heterocycles. The van der Waals surface area contributed by atoms with Gasteiger partial charge in [0, 0.05) is 32.1 Å². The van der Waals surface area contributed by atoms with E-state index in [0.29, 0.717) is 48.7 Å². The molecule has 8 heteroatoms. The molecule has 0 aromatic carbocycles. The first-order chi connectivity index (χ1) is 24.7. The molecular formula is C43H64N2O6. The Morgan fingerprint density at radius 2 is 1.45 bits per heavy atom. The van der Waals surface area contributed by atoms with Crippen LogP contribution in [0.15, 0.2) is 11.6 Å². The predicted octanol–water partition coefficient (Wildman–Crippen LogP) is 5.45. The van der Waals surface area contributed by atoms with Crippen LogP contribution in [0.4, 0.5) is 0 Å². The topological polar surface area (TPSA) is 69.7 Å². The molecule has 10 atom stereocenters. The number of hydrogen-bond acceptors (Lipinski definition) is 8. The molecule has 2 saturated heterocycles. The fourth-order valence-corrected chi connectivity index (χ4v) is 12.6. The number of fused-ring (bicyclic) bond motifs is 1. The number of carbonyl (C=O) groups is 1.